The summed E-state index contributed by atoms with van der Waals surface area (Å²) in [5.41, 5.74) is -0.287. The van der Waals surface area contributed by atoms with Gasteiger partial charge in [0.15, 0.2) is 5.75 Å². The first-order valence-corrected chi connectivity index (χ1v) is 21.4. The van der Waals surface area contributed by atoms with Gasteiger partial charge in [-0.25, -0.2) is 0 Å². The Kier molecular flexibility index (Phi) is 14.0. The number of piperazine rings is 1. The summed E-state index contributed by atoms with van der Waals surface area (Å²) >= 11 is 0. The van der Waals surface area contributed by atoms with Gasteiger partial charge in [0.2, 0.25) is 0 Å². The summed E-state index contributed by atoms with van der Waals surface area (Å²) in [4.78, 5) is 43.2. The van der Waals surface area contributed by atoms with Crippen LogP contribution < -0.4 is 10.1 Å². The third-order valence-electron chi connectivity index (χ3n) is 13.2. The van der Waals surface area contributed by atoms with Gasteiger partial charge in [-0.1, -0.05) is 52.3 Å². The molecule has 5 heterocycles. The molecule has 0 saturated carbocycles. The lowest BCUT2D eigenvalue weighted by atomic mass is 9.78. The fraction of sp³-hybridized carbons (Fsp3) is 0.565. The summed E-state index contributed by atoms with van der Waals surface area (Å²) in [7, 11) is 1.44. The highest BCUT2D eigenvalue weighted by atomic mass is 16.7. The lowest BCUT2D eigenvalue weighted by Gasteiger charge is -2.42. The summed E-state index contributed by atoms with van der Waals surface area (Å²) in [5.74, 6) is -8.27. The maximum Gasteiger partial charge on any atom is 0.312 e. The summed E-state index contributed by atoms with van der Waals surface area (Å²) in [6.45, 7) is 15.6. The number of piperidine rings is 1. The van der Waals surface area contributed by atoms with Crippen LogP contribution >= 0.6 is 0 Å². The number of aromatic hydroxyl groups is 3. The summed E-state index contributed by atoms with van der Waals surface area (Å²) < 4.78 is 23.7. The molecule has 6 N–H and O–H groups in total. The number of methoxy groups -OCH3 is 1. The number of ketones is 1. The summed E-state index contributed by atoms with van der Waals surface area (Å²) in [6, 6.07) is 0.305. The van der Waals surface area contributed by atoms with E-state index in [1.165, 1.54) is 59.4 Å². The standard InChI is InChI=1S/C46H62N4O12/c1-23-13-12-14-24(2)45(58)48-36-31(21-47-50-19-18-49-17-11-10-15-30(49)22-50)40(55)33-34(41(36)56)39(54)28(6)43-35(33)44(57)46(8,62-43)60-20-16-32(59-9)25(3)42(61-29(7)51)27(5)38(53)26(4)37(23)52/h12-14,16,20-21,23,25-27,30,32,37-38,42,52-56H,10-11,15,17-19,22H2,1-9H3,(H,48,58)/b13-12+,20-16+,24-14-,47-21?/t23-,25+,26+,27+,30?,32-,37-,38+,42+,46-/m0/s1. The number of phenolic OH excluding ortho intramolecular Hbond substituents is 3. The zero-order valence-electron chi connectivity index (χ0n) is 37.0. The van der Waals surface area contributed by atoms with Crippen LogP contribution in [0.3, 0.4) is 0 Å². The number of hydrogen-bond acceptors (Lipinski definition) is 15. The first-order valence-electron chi connectivity index (χ1n) is 21.4. The van der Waals surface area contributed by atoms with Crippen molar-refractivity contribution in [2.75, 3.05) is 38.6 Å². The zero-order valence-corrected chi connectivity index (χ0v) is 37.0. The topological polar surface area (TPSA) is 220 Å². The van der Waals surface area contributed by atoms with Gasteiger partial charge in [-0.3, -0.25) is 24.3 Å². The molecule has 16 nitrogen and oxygen atoms in total. The number of carbonyl (C=O) groups excluding carboxylic acids is 3. The number of rotatable bonds is 4. The number of aliphatic hydroxyl groups excluding tert-OH is 2. The van der Waals surface area contributed by atoms with Crippen molar-refractivity contribution >= 4 is 40.3 Å². The van der Waals surface area contributed by atoms with E-state index in [0.29, 0.717) is 19.1 Å². The third kappa shape index (κ3) is 8.87. The minimum Gasteiger partial charge on any atom is -0.507 e. The SMILES string of the molecule is CO[C@H]1/C=C/O[C@@]2(C)Oc3c(C)c(O)c4c(O)c(c(C=NN5CCN6CCCCC6C5)c(O)c4c3C2=O)NC(=O)/C(C)=C\C=C\[C@H](C)[C@H](O)[C@@H](C)[C@@H](O)[C@@H](C)[C@H](OC(C)=O)[C@@H]1C. The van der Waals surface area contributed by atoms with Crippen LogP contribution in [0.4, 0.5) is 5.69 Å². The number of allylic oxidation sites excluding steroid dienone is 2. The van der Waals surface area contributed by atoms with E-state index >= 15 is 0 Å². The predicted molar refractivity (Wildman–Crippen MR) is 232 cm³/mol. The van der Waals surface area contributed by atoms with Crippen molar-refractivity contribution in [2.24, 2.45) is 28.8 Å². The number of Topliss-reactive ketones (excluding diaryl/α,β-unsaturated/α-hetero) is 1. The fourth-order valence-corrected chi connectivity index (χ4v) is 9.26. The lowest BCUT2D eigenvalue weighted by molar-refractivity contribution is -0.160. The monoisotopic (exact) mass is 862 g/mol. The average molecular weight is 863 g/mol. The molecule has 5 aliphatic heterocycles. The van der Waals surface area contributed by atoms with Gasteiger partial charge in [-0.2, -0.15) is 5.10 Å². The van der Waals surface area contributed by atoms with Crippen LogP contribution in [-0.4, -0.2) is 129 Å². The van der Waals surface area contributed by atoms with Crippen LogP contribution in [0.2, 0.25) is 0 Å². The molecule has 0 aromatic heterocycles. The smallest absolute Gasteiger partial charge is 0.312 e. The molecule has 0 aliphatic carbocycles. The van der Waals surface area contributed by atoms with Crippen molar-refractivity contribution in [3.05, 3.63) is 52.8 Å². The molecule has 2 fully saturated rings. The number of hydrazone groups is 1. The van der Waals surface area contributed by atoms with Gasteiger partial charge in [-0.15, -0.1) is 0 Å². The van der Waals surface area contributed by atoms with E-state index in [2.05, 4.69) is 10.2 Å². The van der Waals surface area contributed by atoms with E-state index in [-0.39, 0.29) is 44.5 Å². The number of carbonyl (C=O) groups is 3. The zero-order chi connectivity index (χ0) is 45.4. The van der Waals surface area contributed by atoms with E-state index < -0.39 is 88.8 Å². The second-order valence-corrected chi connectivity index (χ2v) is 17.5. The molecule has 5 bridgehead atoms. The first-order chi connectivity index (χ1) is 29.3. The van der Waals surface area contributed by atoms with Crippen molar-refractivity contribution in [1.29, 1.82) is 0 Å². The van der Waals surface area contributed by atoms with Crippen molar-refractivity contribution in [2.45, 2.75) is 111 Å². The Bertz CT molecular complexity index is 2190. The molecule has 62 heavy (non-hydrogen) atoms. The quantitative estimate of drug-likeness (QED) is 0.100. The molecule has 2 aromatic rings. The maximum atomic E-state index is 14.5. The van der Waals surface area contributed by atoms with Gasteiger partial charge < -0.3 is 49.8 Å². The number of benzene rings is 2. The minimum atomic E-state index is -2.04. The number of ether oxygens (including phenoxy) is 4. The molecule has 338 valence electrons. The number of fused-ring (bicyclic) bond motifs is 15. The molecule has 1 amide bonds. The first kappa shape index (κ1) is 46.3. The molecule has 0 spiro atoms. The predicted octanol–water partition coefficient (Wildman–Crippen LogP) is 5.26. The number of anilines is 1. The van der Waals surface area contributed by atoms with Gasteiger partial charge in [0, 0.05) is 80.3 Å². The fourth-order valence-electron chi connectivity index (χ4n) is 9.26. The molecule has 5 aliphatic rings. The van der Waals surface area contributed by atoms with Crippen molar-refractivity contribution in [1.82, 2.24) is 9.91 Å². The summed E-state index contributed by atoms with van der Waals surface area (Å²) in [6.07, 6.45) is 8.25. The Morgan fingerprint density at radius 2 is 1.68 bits per heavy atom. The number of aliphatic hydroxyl groups is 2. The second kappa shape index (κ2) is 18.7. The van der Waals surface area contributed by atoms with Crippen LogP contribution in [0.1, 0.15) is 89.2 Å². The molecular formula is C46H62N4O12. The lowest BCUT2D eigenvalue weighted by Crippen LogP contribution is -2.53. The molecule has 2 saturated heterocycles. The van der Waals surface area contributed by atoms with Crippen molar-refractivity contribution in [3.63, 3.8) is 0 Å². The van der Waals surface area contributed by atoms with Gasteiger partial charge in [0.05, 0.1) is 59.5 Å². The van der Waals surface area contributed by atoms with Crippen LogP contribution in [-0.2, 0) is 23.8 Å². The normalized spacial score (nSPS) is 33.4. The van der Waals surface area contributed by atoms with Crippen LogP contribution in [0, 0.1) is 30.6 Å². The number of phenols is 3. The van der Waals surface area contributed by atoms with Crippen LogP contribution in [0.15, 0.2) is 41.2 Å². The Hall–Kier alpha value is -5.16. The molecule has 2 aromatic carbocycles. The Morgan fingerprint density at radius 1 is 0.952 bits per heavy atom. The molecule has 1 unspecified atom stereocenters. The van der Waals surface area contributed by atoms with Crippen molar-refractivity contribution < 1.29 is 58.9 Å². The molecule has 16 heteroatoms. The van der Waals surface area contributed by atoms with E-state index in [4.69, 9.17) is 24.0 Å². The summed E-state index contributed by atoms with van der Waals surface area (Å²) in [5, 5.41) is 67.6. The average Bonchev–Trinajstić information content (AvgIpc) is 3.51. The Balaban J connectivity index is 1.50. The van der Waals surface area contributed by atoms with Gasteiger partial charge in [0.1, 0.15) is 23.4 Å². The molecule has 7 rings (SSSR count). The van der Waals surface area contributed by atoms with Crippen LogP contribution in [0.5, 0.6) is 23.0 Å². The number of amides is 1. The Labute approximate surface area is 362 Å². The highest BCUT2D eigenvalue weighted by molar-refractivity contribution is 6.23. The van der Waals surface area contributed by atoms with Gasteiger partial charge in [0.25, 0.3) is 11.7 Å². The largest absolute Gasteiger partial charge is 0.507 e. The van der Waals surface area contributed by atoms with Gasteiger partial charge >= 0.3 is 11.8 Å². The maximum absolute atomic E-state index is 14.5. The minimum absolute atomic E-state index is 0.0633. The third-order valence-corrected chi connectivity index (χ3v) is 13.2. The molecule has 10 atom stereocenters. The van der Waals surface area contributed by atoms with E-state index in [0.717, 1.165) is 32.4 Å². The Morgan fingerprint density at radius 3 is 2.37 bits per heavy atom. The number of hydrogen-bond donors (Lipinski definition) is 6. The van der Waals surface area contributed by atoms with E-state index in [9.17, 15) is 39.9 Å². The van der Waals surface area contributed by atoms with E-state index in [1.54, 1.807) is 39.8 Å². The van der Waals surface area contributed by atoms with E-state index in [1.807, 2.05) is 5.01 Å². The van der Waals surface area contributed by atoms with Gasteiger partial charge in [-0.05, 0) is 39.3 Å². The van der Waals surface area contributed by atoms with Crippen molar-refractivity contribution in [3.8, 4) is 23.0 Å². The van der Waals surface area contributed by atoms with Crippen LogP contribution in [0.25, 0.3) is 10.8 Å². The number of nitrogens with zero attached hydrogens (tertiary/aromatic N) is 3. The highest BCUT2D eigenvalue weighted by Gasteiger charge is 2.50. The molecular weight excluding hydrogens is 801 g/mol. The number of nitrogens with one attached hydrogen (secondary N) is 1. The number of esters is 1. The molecule has 0 radical (unpaired) electrons. The highest BCUT2D eigenvalue weighted by Crippen LogP contribution is 2.55. The second-order valence-electron chi connectivity index (χ2n) is 17.5.